The summed E-state index contributed by atoms with van der Waals surface area (Å²) in [4.78, 5) is 22.2. The number of aromatic amines is 1. The predicted octanol–water partition coefficient (Wildman–Crippen LogP) is 2.30. The molecule has 0 amide bonds. The first-order chi connectivity index (χ1) is 15.3. The van der Waals surface area contributed by atoms with E-state index in [1.54, 1.807) is 6.33 Å². The van der Waals surface area contributed by atoms with Crippen LogP contribution < -0.4 is 4.90 Å². The normalized spacial score (nSPS) is 17.9. The molecule has 2 fully saturated rings. The van der Waals surface area contributed by atoms with E-state index in [0.29, 0.717) is 13.2 Å². The third-order valence-corrected chi connectivity index (χ3v) is 6.30. The SMILES string of the molecule is c1nc2ccc(-c3nc(N4CCOCC4)nc4c3cnn4CCN3CCCC3)cc2[nH]1. The number of ether oxygens (including phenoxy) is 1. The van der Waals surface area contributed by atoms with Crippen molar-refractivity contribution in [3.05, 3.63) is 30.7 Å². The van der Waals surface area contributed by atoms with Crippen molar-refractivity contribution < 1.29 is 4.74 Å². The van der Waals surface area contributed by atoms with Crippen molar-refractivity contribution in [2.75, 3.05) is 50.8 Å². The highest BCUT2D eigenvalue weighted by Gasteiger charge is 2.21. The number of hydrogen-bond acceptors (Lipinski definition) is 7. The Kier molecular flexibility index (Phi) is 4.77. The summed E-state index contributed by atoms with van der Waals surface area (Å²) in [6, 6.07) is 6.21. The summed E-state index contributed by atoms with van der Waals surface area (Å²) in [5.41, 5.74) is 4.80. The van der Waals surface area contributed by atoms with Gasteiger partial charge in [-0.05, 0) is 38.1 Å². The maximum atomic E-state index is 5.54. The summed E-state index contributed by atoms with van der Waals surface area (Å²) in [5.74, 6) is 0.749. The molecular formula is C22H26N8O. The van der Waals surface area contributed by atoms with Gasteiger partial charge < -0.3 is 19.5 Å². The summed E-state index contributed by atoms with van der Waals surface area (Å²) in [5, 5.41) is 5.69. The van der Waals surface area contributed by atoms with E-state index in [4.69, 9.17) is 19.8 Å². The maximum Gasteiger partial charge on any atom is 0.228 e. The lowest BCUT2D eigenvalue weighted by atomic mass is 10.1. The molecule has 0 bridgehead atoms. The number of rotatable bonds is 5. The van der Waals surface area contributed by atoms with Crippen molar-refractivity contribution in [3.8, 4) is 11.3 Å². The van der Waals surface area contributed by atoms with Gasteiger partial charge in [0.25, 0.3) is 0 Å². The number of nitrogens with one attached hydrogen (secondary N) is 1. The zero-order chi connectivity index (χ0) is 20.6. The Bertz CT molecular complexity index is 1200. The van der Waals surface area contributed by atoms with Gasteiger partial charge in [-0.15, -0.1) is 0 Å². The molecule has 31 heavy (non-hydrogen) atoms. The number of nitrogens with zero attached hydrogens (tertiary/aromatic N) is 7. The fourth-order valence-electron chi connectivity index (χ4n) is 4.56. The Morgan fingerprint density at radius 3 is 2.74 bits per heavy atom. The molecule has 0 saturated carbocycles. The Balaban J connectivity index is 1.44. The minimum absolute atomic E-state index is 0.699. The van der Waals surface area contributed by atoms with Gasteiger partial charge in [-0.2, -0.15) is 10.1 Å². The second kappa shape index (κ2) is 7.90. The molecule has 0 unspecified atom stereocenters. The van der Waals surface area contributed by atoms with Crippen molar-refractivity contribution >= 4 is 28.0 Å². The van der Waals surface area contributed by atoms with E-state index in [-0.39, 0.29) is 0 Å². The summed E-state index contributed by atoms with van der Waals surface area (Å²) in [6.45, 7) is 7.20. The topological polar surface area (TPSA) is 88.0 Å². The fraction of sp³-hybridized carbons (Fsp3) is 0.455. The van der Waals surface area contributed by atoms with Gasteiger partial charge in [-0.1, -0.05) is 6.07 Å². The molecule has 1 aromatic carbocycles. The molecular weight excluding hydrogens is 392 g/mol. The molecule has 9 heteroatoms. The van der Waals surface area contributed by atoms with Crippen LogP contribution in [0.25, 0.3) is 33.3 Å². The van der Waals surface area contributed by atoms with Crippen LogP contribution in [0.1, 0.15) is 12.8 Å². The fourth-order valence-corrected chi connectivity index (χ4v) is 4.56. The van der Waals surface area contributed by atoms with Crippen molar-refractivity contribution in [2.24, 2.45) is 0 Å². The van der Waals surface area contributed by atoms with E-state index in [0.717, 1.165) is 65.5 Å². The Labute approximate surface area is 180 Å². The van der Waals surface area contributed by atoms with Crippen LogP contribution in [0.3, 0.4) is 0 Å². The smallest absolute Gasteiger partial charge is 0.228 e. The molecule has 0 atom stereocenters. The van der Waals surface area contributed by atoms with Gasteiger partial charge in [0.2, 0.25) is 5.95 Å². The van der Waals surface area contributed by atoms with Gasteiger partial charge in [0.05, 0.1) is 54.4 Å². The monoisotopic (exact) mass is 418 g/mol. The van der Waals surface area contributed by atoms with E-state index >= 15 is 0 Å². The van der Waals surface area contributed by atoms with Gasteiger partial charge in [-0.25, -0.2) is 14.6 Å². The highest BCUT2D eigenvalue weighted by atomic mass is 16.5. The zero-order valence-corrected chi connectivity index (χ0v) is 17.5. The third-order valence-electron chi connectivity index (χ3n) is 6.30. The predicted molar refractivity (Wildman–Crippen MR) is 119 cm³/mol. The van der Waals surface area contributed by atoms with E-state index in [2.05, 4.69) is 31.9 Å². The number of H-pyrrole nitrogens is 1. The molecule has 5 heterocycles. The molecule has 2 aliphatic rings. The lowest BCUT2D eigenvalue weighted by Gasteiger charge is -2.27. The van der Waals surface area contributed by atoms with Crippen molar-refractivity contribution in [1.82, 2.24) is 34.6 Å². The largest absolute Gasteiger partial charge is 0.378 e. The minimum atomic E-state index is 0.699. The van der Waals surface area contributed by atoms with Crippen molar-refractivity contribution in [1.29, 1.82) is 0 Å². The maximum absolute atomic E-state index is 5.54. The Hall–Kier alpha value is -3.04. The van der Waals surface area contributed by atoms with Crippen LogP contribution in [0, 0.1) is 0 Å². The molecule has 160 valence electrons. The van der Waals surface area contributed by atoms with Crippen LogP contribution >= 0.6 is 0 Å². The number of hydrogen-bond donors (Lipinski definition) is 1. The van der Waals surface area contributed by atoms with Crippen LogP contribution in [0.15, 0.2) is 30.7 Å². The van der Waals surface area contributed by atoms with Crippen LogP contribution in [0.5, 0.6) is 0 Å². The van der Waals surface area contributed by atoms with E-state index in [9.17, 15) is 0 Å². The second-order valence-corrected chi connectivity index (χ2v) is 8.26. The molecule has 0 aliphatic carbocycles. The number of morpholine rings is 1. The summed E-state index contributed by atoms with van der Waals surface area (Å²) < 4.78 is 7.57. The number of imidazole rings is 1. The molecule has 0 radical (unpaired) electrons. The first kappa shape index (κ1) is 18.7. The third kappa shape index (κ3) is 3.53. The molecule has 3 aromatic heterocycles. The highest BCUT2D eigenvalue weighted by Crippen LogP contribution is 2.30. The number of aromatic nitrogens is 6. The lowest BCUT2D eigenvalue weighted by molar-refractivity contribution is 0.122. The van der Waals surface area contributed by atoms with Gasteiger partial charge in [0, 0.05) is 25.2 Å². The van der Waals surface area contributed by atoms with Crippen molar-refractivity contribution in [2.45, 2.75) is 19.4 Å². The van der Waals surface area contributed by atoms with E-state index in [1.165, 1.54) is 25.9 Å². The van der Waals surface area contributed by atoms with E-state index < -0.39 is 0 Å². The molecule has 1 N–H and O–H groups in total. The highest BCUT2D eigenvalue weighted by molar-refractivity contribution is 5.93. The van der Waals surface area contributed by atoms with Gasteiger partial charge in [0.15, 0.2) is 5.65 Å². The van der Waals surface area contributed by atoms with Crippen LogP contribution in [-0.2, 0) is 11.3 Å². The number of anilines is 1. The van der Waals surface area contributed by atoms with Crippen LogP contribution in [0.2, 0.25) is 0 Å². The quantitative estimate of drug-likeness (QED) is 0.532. The van der Waals surface area contributed by atoms with Crippen molar-refractivity contribution in [3.63, 3.8) is 0 Å². The molecule has 4 aromatic rings. The Morgan fingerprint density at radius 2 is 1.87 bits per heavy atom. The second-order valence-electron chi connectivity index (χ2n) is 8.26. The Morgan fingerprint density at radius 1 is 1.00 bits per heavy atom. The molecule has 6 rings (SSSR count). The van der Waals surface area contributed by atoms with E-state index in [1.807, 2.05) is 16.9 Å². The molecule has 0 spiro atoms. The van der Waals surface area contributed by atoms with Crippen LogP contribution in [-0.4, -0.2) is 80.6 Å². The average molecular weight is 419 g/mol. The number of likely N-dealkylation sites (tertiary alicyclic amines) is 1. The minimum Gasteiger partial charge on any atom is -0.378 e. The van der Waals surface area contributed by atoms with Gasteiger partial charge in [0.1, 0.15) is 0 Å². The first-order valence-electron chi connectivity index (χ1n) is 11.1. The standard InChI is InChI=1S/C22H26N8O/c1-2-6-28(5-1)7-8-30-21-17(14-25-30)20(16-3-4-18-19(13-16)24-15-23-18)26-22(27-21)29-9-11-31-12-10-29/h3-4,13-15H,1-2,5-12H2,(H,23,24). The lowest BCUT2D eigenvalue weighted by Crippen LogP contribution is -2.37. The summed E-state index contributed by atoms with van der Waals surface area (Å²) in [7, 11) is 0. The zero-order valence-electron chi connectivity index (χ0n) is 17.5. The van der Waals surface area contributed by atoms with Crippen LogP contribution in [0.4, 0.5) is 5.95 Å². The first-order valence-corrected chi connectivity index (χ1v) is 11.1. The van der Waals surface area contributed by atoms with Gasteiger partial charge >= 0.3 is 0 Å². The summed E-state index contributed by atoms with van der Waals surface area (Å²) >= 11 is 0. The molecule has 2 aliphatic heterocycles. The molecule has 9 nitrogen and oxygen atoms in total. The number of benzene rings is 1. The summed E-state index contributed by atoms with van der Waals surface area (Å²) in [6.07, 6.45) is 6.22. The number of fused-ring (bicyclic) bond motifs is 2. The van der Waals surface area contributed by atoms with Gasteiger partial charge in [-0.3, -0.25) is 0 Å². The average Bonchev–Trinajstić information content (AvgIpc) is 3.58. The molecule has 2 saturated heterocycles.